The van der Waals surface area contributed by atoms with Crippen molar-refractivity contribution in [2.24, 2.45) is 5.92 Å². The lowest BCUT2D eigenvalue weighted by Crippen LogP contribution is -2.10. The lowest BCUT2D eigenvalue weighted by Gasteiger charge is -2.12. The molecule has 0 unspecified atom stereocenters. The molecule has 1 aromatic rings. The molecule has 0 atom stereocenters. The summed E-state index contributed by atoms with van der Waals surface area (Å²) >= 11 is 0. The number of Topliss-reactive ketones (excluding diaryl/α,β-unsaturated/α-hetero) is 1. The second-order valence-electron chi connectivity index (χ2n) is 4.74. The predicted octanol–water partition coefficient (Wildman–Crippen LogP) is 2.95. The quantitative estimate of drug-likeness (QED) is 0.536. The number of carbonyl (C=O) groups excluding carboxylic acids is 1. The van der Waals surface area contributed by atoms with Crippen molar-refractivity contribution in [2.75, 3.05) is 26.9 Å². The number of carbonyl (C=O) groups is 1. The van der Waals surface area contributed by atoms with Gasteiger partial charge in [-0.3, -0.25) is 4.79 Å². The zero-order valence-corrected chi connectivity index (χ0v) is 12.1. The summed E-state index contributed by atoms with van der Waals surface area (Å²) in [7, 11) is 1.56. The van der Waals surface area contributed by atoms with E-state index in [0.29, 0.717) is 36.2 Å². The van der Waals surface area contributed by atoms with Crippen LogP contribution in [0, 0.1) is 5.92 Å². The highest BCUT2D eigenvalue weighted by Crippen LogP contribution is 2.28. The molecule has 0 aliphatic rings. The maximum absolute atomic E-state index is 11.3. The molecule has 0 bridgehead atoms. The van der Waals surface area contributed by atoms with Crippen LogP contribution in [-0.4, -0.2) is 32.7 Å². The standard InChI is InChI=1S/C15H22O4/c1-11(2)10-18-7-8-19-14-6-5-13(12(3)16)9-15(14)17-4/h5-6,9,11H,7-8,10H2,1-4H3. The molecule has 0 saturated carbocycles. The number of ether oxygens (including phenoxy) is 3. The molecule has 0 aliphatic heterocycles. The van der Waals surface area contributed by atoms with Crippen molar-refractivity contribution in [2.45, 2.75) is 20.8 Å². The second-order valence-corrected chi connectivity index (χ2v) is 4.74. The molecule has 0 fully saturated rings. The van der Waals surface area contributed by atoms with E-state index in [1.807, 2.05) is 0 Å². The zero-order valence-electron chi connectivity index (χ0n) is 12.1. The lowest BCUT2D eigenvalue weighted by molar-refractivity contribution is 0.0810. The van der Waals surface area contributed by atoms with Gasteiger partial charge in [-0.15, -0.1) is 0 Å². The summed E-state index contributed by atoms with van der Waals surface area (Å²) in [4.78, 5) is 11.3. The van der Waals surface area contributed by atoms with Crippen molar-refractivity contribution in [3.05, 3.63) is 23.8 Å². The molecular formula is C15H22O4. The van der Waals surface area contributed by atoms with Crippen LogP contribution < -0.4 is 9.47 Å². The maximum atomic E-state index is 11.3. The average molecular weight is 266 g/mol. The molecule has 19 heavy (non-hydrogen) atoms. The molecule has 0 N–H and O–H groups in total. The Morgan fingerprint density at radius 3 is 2.53 bits per heavy atom. The van der Waals surface area contributed by atoms with Crippen LogP contribution in [0.15, 0.2) is 18.2 Å². The second kappa shape index (κ2) is 7.79. The lowest BCUT2D eigenvalue weighted by atomic mass is 10.1. The van der Waals surface area contributed by atoms with E-state index >= 15 is 0 Å². The Labute approximate surface area is 114 Å². The molecule has 4 heteroatoms. The van der Waals surface area contributed by atoms with E-state index in [1.165, 1.54) is 6.92 Å². The molecule has 0 radical (unpaired) electrons. The maximum Gasteiger partial charge on any atom is 0.161 e. The van der Waals surface area contributed by atoms with Gasteiger partial charge < -0.3 is 14.2 Å². The van der Waals surface area contributed by atoms with Crippen LogP contribution in [-0.2, 0) is 4.74 Å². The third-order valence-electron chi connectivity index (χ3n) is 2.51. The summed E-state index contributed by atoms with van der Waals surface area (Å²) in [6, 6.07) is 5.17. The van der Waals surface area contributed by atoms with Gasteiger partial charge in [0.05, 0.1) is 13.7 Å². The highest BCUT2D eigenvalue weighted by molar-refractivity contribution is 5.94. The molecular weight excluding hydrogens is 244 g/mol. The molecule has 0 amide bonds. The molecule has 0 spiro atoms. The van der Waals surface area contributed by atoms with Crippen LogP contribution in [0.3, 0.4) is 0 Å². The fourth-order valence-electron chi connectivity index (χ4n) is 1.54. The summed E-state index contributed by atoms with van der Waals surface area (Å²) < 4.78 is 16.2. The number of hydrogen-bond acceptors (Lipinski definition) is 4. The number of ketones is 1. The monoisotopic (exact) mass is 266 g/mol. The highest BCUT2D eigenvalue weighted by atomic mass is 16.5. The van der Waals surface area contributed by atoms with Gasteiger partial charge in [0.25, 0.3) is 0 Å². The van der Waals surface area contributed by atoms with E-state index in [0.717, 1.165) is 6.61 Å². The summed E-state index contributed by atoms with van der Waals surface area (Å²) in [6.07, 6.45) is 0. The Bertz CT molecular complexity index is 413. The first kappa shape index (κ1) is 15.5. The Morgan fingerprint density at radius 2 is 1.95 bits per heavy atom. The number of benzene rings is 1. The van der Waals surface area contributed by atoms with Crippen LogP contribution in [0.4, 0.5) is 0 Å². The van der Waals surface area contributed by atoms with Gasteiger partial charge in [-0.05, 0) is 31.0 Å². The topological polar surface area (TPSA) is 44.8 Å². The first-order valence-corrected chi connectivity index (χ1v) is 6.44. The molecule has 1 aromatic carbocycles. The predicted molar refractivity (Wildman–Crippen MR) is 74.2 cm³/mol. The highest BCUT2D eigenvalue weighted by Gasteiger charge is 2.08. The van der Waals surface area contributed by atoms with E-state index < -0.39 is 0 Å². The van der Waals surface area contributed by atoms with Crippen molar-refractivity contribution >= 4 is 5.78 Å². The van der Waals surface area contributed by atoms with Crippen LogP contribution in [0.5, 0.6) is 11.5 Å². The van der Waals surface area contributed by atoms with E-state index in [2.05, 4.69) is 13.8 Å². The fraction of sp³-hybridized carbons (Fsp3) is 0.533. The number of hydrogen-bond donors (Lipinski definition) is 0. The van der Waals surface area contributed by atoms with Gasteiger partial charge in [0.2, 0.25) is 0 Å². The summed E-state index contributed by atoms with van der Waals surface area (Å²) in [5.41, 5.74) is 0.611. The third-order valence-corrected chi connectivity index (χ3v) is 2.51. The molecule has 0 aromatic heterocycles. The minimum absolute atomic E-state index is 0.00474. The van der Waals surface area contributed by atoms with Crippen molar-refractivity contribution in [1.82, 2.24) is 0 Å². The largest absolute Gasteiger partial charge is 0.493 e. The van der Waals surface area contributed by atoms with E-state index in [-0.39, 0.29) is 5.78 Å². The number of rotatable bonds is 8. The summed E-state index contributed by atoms with van der Waals surface area (Å²) in [5, 5.41) is 0. The van der Waals surface area contributed by atoms with Gasteiger partial charge in [0.15, 0.2) is 17.3 Å². The fourth-order valence-corrected chi connectivity index (χ4v) is 1.54. The van der Waals surface area contributed by atoms with Gasteiger partial charge in [-0.1, -0.05) is 13.8 Å². The number of methoxy groups -OCH3 is 1. The Balaban J connectivity index is 2.51. The Kier molecular flexibility index (Phi) is 6.36. The van der Waals surface area contributed by atoms with Crippen LogP contribution in [0.2, 0.25) is 0 Å². The first-order valence-electron chi connectivity index (χ1n) is 6.44. The molecule has 0 saturated heterocycles. The molecule has 0 heterocycles. The van der Waals surface area contributed by atoms with Crippen LogP contribution in [0.25, 0.3) is 0 Å². The van der Waals surface area contributed by atoms with Crippen molar-refractivity contribution in [1.29, 1.82) is 0 Å². The van der Waals surface area contributed by atoms with Crippen molar-refractivity contribution in [3.63, 3.8) is 0 Å². The van der Waals surface area contributed by atoms with E-state index in [4.69, 9.17) is 14.2 Å². The Morgan fingerprint density at radius 1 is 1.21 bits per heavy atom. The smallest absolute Gasteiger partial charge is 0.161 e. The van der Waals surface area contributed by atoms with E-state index in [1.54, 1.807) is 25.3 Å². The molecule has 4 nitrogen and oxygen atoms in total. The van der Waals surface area contributed by atoms with Gasteiger partial charge in [-0.25, -0.2) is 0 Å². The van der Waals surface area contributed by atoms with Crippen LogP contribution in [0.1, 0.15) is 31.1 Å². The summed E-state index contributed by atoms with van der Waals surface area (Å²) in [5.74, 6) is 1.71. The zero-order chi connectivity index (χ0) is 14.3. The molecule has 1 rings (SSSR count). The molecule has 0 aliphatic carbocycles. The first-order chi connectivity index (χ1) is 9.04. The SMILES string of the molecule is COc1cc(C(C)=O)ccc1OCCOCC(C)C. The van der Waals surface area contributed by atoms with Crippen LogP contribution >= 0.6 is 0 Å². The van der Waals surface area contributed by atoms with Gasteiger partial charge in [0.1, 0.15) is 6.61 Å². The third kappa shape index (κ3) is 5.30. The van der Waals surface area contributed by atoms with Crippen molar-refractivity contribution in [3.8, 4) is 11.5 Å². The van der Waals surface area contributed by atoms with E-state index in [9.17, 15) is 4.79 Å². The molecule has 106 valence electrons. The van der Waals surface area contributed by atoms with Gasteiger partial charge in [-0.2, -0.15) is 0 Å². The van der Waals surface area contributed by atoms with Gasteiger partial charge in [0, 0.05) is 12.2 Å². The van der Waals surface area contributed by atoms with Crippen molar-refractivity contribution < 1.29 is 19.0 Å². The minimum atomic E-state index is 0.00474. The van der Waals surface area contributed by atoms with Gasteiger partial charge >= 0.3 is 0 Å². The normalized spacial score (nSPS) is 10.6. The average Bonchev–Trinajstić information content (AvgIpc) is 2.37. The Hall–Kier alpha value is -1.55. The minimum Gasteiger partial charge on any atom is -0.493 e. The summed E-state index contributed by atoms with van der Waals surface area (Å²) in [6.45, 7) is 7.45.